The van der Waals surface area contributed by atoms with E-state index in [0.29, 0.717) is 28.7 Å². The normalized spacial score (nSPS) is 11.4. The molecule has 0 fully saturated rings. The largest absolute Gasteiger partial charge is 0.493 e. The van der Waals surface area contributed by atoms with Crippen molar-refractivity contribution in [1.82, 2.24) is 4.83 Å². The van der Waals surface area contributed by atoms with Gasteiger partial charge in [-0.15, -0.1) is 0 Å². The van der Waals surface area contributed by atoms with Gasteiger partial charge in [-0.05, 0) is 42.3 Å². The number of ether oxygens (including phenoxy) is 2. The Morgan fingerprint density at radius 2 is 1.77 bits per heavy atom. The number of halogens is 1. The van der Waals surface area contributed by atoms with Crippen molar-refractivity contribution in [2.45, 2.75) is 18.4 Å². The number of hydrogen-bond acceptors (Lipinski definition) is 5. The van der Waals surface area contributed by atoms with Gasteiger partial charge in [-0.2, -0.15) is 13.5 Å². The number of sulfonamides is 1. The highest BCUT2D eigenvalue weighted by atomic mass is 35.5. The molecule has 6 nitrogen and oxygen atoms in total. The molecule has 0 saturated carbocycles. The van der Waals surface area contributed by atoms with Gasteiger partial charge in [0, 0.05) is 0 Å². The van der Waals surface area contributed by atoms with Crippen molar-refractivity contribution < 1.29 is 17.9 Å². The smallest absolute Gasteiger partial charge is 0.276 e. The SMILES string of the molecule is COc1cc(/C=N/NS(=O)(=O)c2ccccc2)cc(Cl)c1OCc1ccc(C)cc1. The van der Waals surface area contributed by atoms with E-state index in [-0.39, 0.29) is 4.90 Å². The van der Waals surface area contributed by atoms with Crippen LogP contribution < -0.4 is 14.3 Å². The zero-order valence-electron chi connectivity index (χ0n) is 16.5. The number of nitrogens with zero attached hydrogens (tertiary/aromatic N) is 1. The van der Waals surface area contributed by atoms with Crippen molar-refractivity contribution in [3.8, 4) is 11.5 Å². The molecule has 0 heterocycles. The fourth-order valence-electron chi connectivity index (χ4n) is 2.62. The van der Waals surface area contributed by atoms with Crippen molar-refractivity contribution in [3.63, 3.8) is 0 Å². The van der Waals surface area contributed by atoms with Crippen LogP contribution in [0, 0.1) is 6.92 Å². The zero-order valence-corrected chi connectivity index (χ0v) is 18.1. The third-order valence-electron chi connectivity index (χ3n) is 4.20. The molecule has 0 aromatic heterocycles. The topological polar surface area (TPSA) is 77.0 Å². The molecule has 3 aromatic carbocycles. The maximum absolute atomic E-state index is 12.2. The molecule has 0 atom stereocenters. The number of rotatable bonds is 8. The molecule has 0 spiro atoms. The summed E-state index contributed by atoms with van der Waals surface area (Å²) >= 11 is 6.36. The first-order valence-electron chi connectivity index (χ1n) is 9.05. The van der Waals surface area contributed by atoms with Gasteiger partial charge in [0.1, 0.15) is 6.61 Å². The van der Waals surface area contributed by atoms with Gasteiger partial charge in [0.25, 0.3) is 10.0 Å². The fourth-order valence-corrected chi connectivity index (χ4v) is 3.70. The molecule has 1 N–H and O–H groups in total. The second kappa shape index (κ2) is 9.65. The van der Waals surface area contributed by atoms with Crippen LogP contribution >= 0.6 is 11.6 Å². The molecule has 30 heavy (non-hydrogen) atoms. The third-order valence-corrected chi connectivity index (χ3v) is 5.71. The Kier molecular flexibility index (Phi) is 6.97. The van der Waals surface area contributed by atoms with Gasteiger partial charge in [0.15, 0.2) is 11.5 Å². The van der Waals surface area contributed by atoms with E-state index < -0.39 is 10.0 Å². The van der Waals surface area contributed by atoms with Crippen molar-refractivity contribution >= 4 is 27.8 Å². The van der Waals surface area contributed by atoms with Crippen LogP contribution in [0.4, 0.5) is 0 Å². The third kappa shape index (κ3) is 5.52. The maximum Gasteiger partial charge on any atom is 0.276 e. The second-order valence-electron chi connectivity index (χ2n) is 6.47. The maximum atomic E-state index is 12.2. The number of hydrazone groups is 1. The van der Waals surface area contributed by atoms with Crippen LogP contribution in [0.5, 0.6) is 11.5 Å². The number of methoxy groups -OCH3 is 1. The molecule has 3 aromatic rings. The van der Waals surface area contributed by atoms with Crippen molar-refractivity contribution in [2.24, 2.45) is 5.10 Å². The van der Waals surface area contributed by atoms with Gasteiger partial charge in [0.05, 0.1) is 23.2 Å². The average Bonchev–Trinajstić information content (AvgIpc) is 2.74. The summed E-state index contributed by atoms with van der Waals surface area (Å²) in [6, 6.07) is 19.2. The molecule has 0 bridgehead atoms. The highest BCUT2D eigenvalue weighted by Gasteiger charge is 2.13. The summed E-state index contributed by atoms with van der Waals surface area (Å²) in [6.45, 7) is 2.35. The summed E-state index contributed by atoms with van der Waals surface area (Å²) in [5, 5.41) is 4.15. The quantitative estimate of drug-likeness (QED) is 0.408. The van der Waals surface area contributed by atoms with Gasteiger partial charge < -0.3 is 9.47 Å². The van der Waals surface area contributed by atoms with E-state index in [1.54, 1.807) is 30.3 Å². The summed E-state index contributed by atoms with van der Waals surface area (Å²) in [5.41, 5.74) is 2.72. The summed E-state index contributed by atoms with van der Waals surface area (Å²) in [4.78, 5) is 2.30. The van der Waals surface area contributed by atoms with Crippen LogP contribution in [0.15, 0.2) is 76.7 Å². The minimum Gasteiger partial charge on any atom is -0.493 e. The van der Waals surface area contributed by atoms with E-state index in [9.17, 15) is 8.42 Å². The molecular formula is C22H21ClN2O4S. The predicted octanol–water partition coefficient (Wildman–Crippen LogP) is 4.55. The summed E-state index contributed by atoms with van der Waals surface area (Å²) in [5.74, 6) is 0.823. The monoisotopic (exact) mass is 444 g/mol. The Morgan fingerprint density at radius 1 is 1.07 bits per heavy atom. The lowest BCUT2D eigenvalue weighted by Gasteiger charge is -2.13. The van der Waals surface area contributed by atoms with Crippen LogP contribution in [-0.2, 0) is 16.6 Å². The standard InChI is InChI=1S/C22H21ClN2O4S/c1-16-8-10-17(11-9-16)15-29-22-20(23)12-18(13-21(22)28-2)14-24-25-30(26,27)19-6-4-3-5-7-19/h3-14,25H,15H2,1-2H3/b24-14+. The van der Waals surface area contributed by atoms with Crippen molar-refractivity contribution in [3.05, 3.63) is 88.4 Å². The van der Waals surface area contributed by atoms with Gasteiger partial charge in [-0.1, -0.05) is 59.6 Å². The van der Waals surface area contributed by atoms with E-state index in [1.807, 2.05) is 31.2 Å². The number of hydrogen-bond donors (Lipinski definition) is 1. The average molecular weight is 445 g/mol. The first kappa shape index (κ1) is 21.7. The lowest BCUT2D eigenvalue weighted by molar-refractivity contribution is 0.284. The van der Waals surface area contributed by atoms with Crippen LogP contribution in [0.25, 0.3) is 0 Å². The molecule has 8 heteroatoms. The first-order valence-corrected chi connectivity index (χ1v) is 10.9. The highest BCUT2D eigenvalue weighted by Crippen LogP contribution is 2.36. The molecule has 3 rings (SSSR count). The van der Waals surface area contributed by atoms with Crippen molar-refractivity contribution in [2.75, 3.05) is 7.11 Å². The molecule has 0 saturated heterocycles. The van der Waals surface area contributed by atoms with Crippen LogP contribution in [0.3, 0.4) is 0 Å². The van der Waals surface area contributed by atoms with E-state index in [1.165, 1.54) is 31.0 Å². The van der Waals surface area contributed by atoms with E-state index in [2.05, 4.69) is 9.93 Å². The highest BCUT2D eigenvalue weighted by molar-refractivity contribution is 7.89. The minimum atomic E-state index is -3.74. The van der Waals surface area contributed by atoms with Crippen LogP contribution in [-0.4, -0.2) is 21.7 Å². The summed E-state index contributed by atoms with van der Waals surface area (Å²) < 4.78 is 35.6. The van der Waals surface area contributed by atoms with Gasteiger partial charge in [-0.25, -0.2) is 4.83 Å². The Morgan fingerprint density at radius 3 is 2.43 bits per heavy atom. The molecular weight excluding hydrogens is 424 g/mol. The van der Waals surface area contributed by atoms with Crippen LogP contribution in [0.1, 0.15) is 16.7 Å². The Labute approximate surface area is 181 Å². The minimum absolute atomic E-state index is 0.123. The Bertz CT molecular complexity index is 1130. The van der Waals surface area contributed by atoms with Crippen LogP contribution in [0.2, 0.25) is 5.02 Å². The summed E-state index contributed by atoms with van der Waals surface area (Å²) in [7, 11) is -2.24. The zero-order chi connectivity index (χ0) is 21.6. The van der Waals surface area contributed by atoms with Gasteiger partial charge >= 0.3 is 0 Å². The molecule has 0 amide bonds. The molecule has 0 aliphatic carbocycles. The first-order chi connectivity index (χ1) is 14.4. The van der Waals surface area contributed by atoms with Gasteiger partial charge in [-0.3, -0.25) is 0 Å². The number of benzene rings is 3. The van der Waals surface area contributed by atoms with Gasteiger partial charge in [0.2, 0.25) is 0 Å². The second-order valence-corrected chi connectivity index (χ2v) is 8.54. The van der Waals surface area contributed by atoms with Crippen molar-refractivity contribution in [1.29, 1.82) is 0 Å². The fraction of sp³-hybridized carbons (Fsp3) is 0.136. The Hall–Kier alpha value is -3.03. The number of aryl methyl sites for hydroxylation is 1. The lowest BCUT2D eigenvalue weighted by Crippen LogP contribution is -2.18. The molecule has 0 unspecified atom stereocenters. The van der Waals surface area contributed by atoms with E-state index >= 15 is 0 Å². The lowest BCUT2D eigenvalue weighted by atomic mass is 10.1. The molecule has 0 aliphatic rings. The summed E-state index contributed by atoms with van der Waals surface area (Å²) in [6.07, 6.45) is 1.35. The molecule has 0 radical (unpaired) electrons. The van der Waals surface area contributed by atoms with E-state index in [4.69, 9.17) is 21.1 Å². The molecule has 0 aliphatic heterocycles. The van der Waals surface area contributed by atoms with E-state index in [0.717, 1.165) is 5.56 Å². The molecule has 156 valence electrons. The number of nitrogens with one attached hydrogen (secondary N) is 1. The Balaban J connectivity index is 1.73. The predicted molar refractivity (Wildman–Crippen MR) is 118 cm³/mol.